The number of rotatable bonds is 1. The Kier molecular flexibility index (Phi) is 3.29. The summed E-state index contributed by atoms with van der Waals surface area (Å²) in [5.41, 5.74) is 2.70. The average Bonchev–Trinajstić information content (AvgIpc) is 2.58. The molecule has 0 spiro atoms. The van der Waals surface area contributed by atoms with Crippen molar-refractivity contribution in [1.29, 1.82) is 0 Å². The first-order chi connectivity index (χ1) is 11.1. The number of halogens is 1. The van der Waals surface area contributed by atoms with Crippen molar-refractivity contribution >= 4 is 5.78 Å². The molecule has 0 aliphatic heterocycles. The Morgan fingerprint density at radius 3 is 3.00 bits per heavy atom. The second-order valence-electron chi connectivity index (χ2n) is 6.78. The number of hydrogen-bond donors (Lipinski definition) is 0. The maximum Gasteiger partial charge on any atom is 0.136 e. The van der Waals surface area contributed by atoms with Gasteiger partial charge in [-0.05, 0) is 48.4 Å². The minimum Gasteiger partial charge on any atom is -0.299 e. The van der Waals surface area contributed by atoms with E-state index in [1.165, 1.54) is 6.07 Å². The number of aryl methyl sites for hydroxylation is 1. The van der Waals surface area contributed by atoms with Gasteiger partial charge in [0.05, 0.1) is 5.69 Å². The van der Waals surface area contributed by atoms with Gasteiger partial charge < -0.3 is 0 Å². The van der Waals surface area contributed by atoms with Crippen molar-refractivity contribution in [2.24, 2.45) is 11.8 Å². The molecular formula is C19H19FN2O. The van der Waals surface area contributed by atoms with Crippen LogP contribution in [0.2, 0.25) is 0 Å². The molecule has 1 saturated carbocycles. The van der Waals surface area contributed by atoms with E-state index in [2.05, 4.69) is 9.97 Å². The monoisotopic (exact) mass is 310 g/mol. The minimum atomic E-state index is -0.369. The summed E-state index contributed by atoms with van der Waals surface area (Å²) in [7, 11) is 0. The molecular weight excluding hydrogens is 291 g/mol. The highest BCUT2D eigenvalue weighted by atomic mass is 19.1. The summed E-state index contributed by atoms with van der Waals surface area (Å²) in [5.74, 6) is 0.240. The summed E-state index contributed by atoms with van der Waals surface area (Å²) in [6.45, 7) is 2.02. The molecule has 3 nitrogen and oxygen atoms in total. The topological polar surface area (TPSA) is 42.9 Å². The third-order valence-corrected chi connectivity index (χ3v) is 5.79. The van der Waals surface area contributed by atoms with Crippen LogP contribution in [0.25, 0.3) is 0 Å². The minimum absolute atomic E-state index is 0.0184. The summed E-state index contributed by atoms with van der Waals surface area (Å²) < 4.78 is 13.9. The molecule has 2 aromatic rings. The molecule has 0 saturated heterocycles. The number of Topliss-reactive ketones (excluding diaryl/α,β-unsaturated/α-hetero) is 1. The molecule has 1 aromatic carbocycles. The molecule has 4 heteroatoms. The van der Waals surface area contributed by atoms with Crippen LogP contribution in [0.15, 0.2) is 36.8 Å². The van der Waals surface area contributed by atoms with E-state index in [0.717, 1.165) is 29.7 Å². The van der Waals surface area contributed by atoms with Crippen LogP contribution in [0.3, 0.4) is 0 Å². The Bertz CT molecular complexity index is 775. The molecule has 118 valence electrons. The first kappa shape index (κ1) is 14.5. The largest absolute Gasteiger partial charge is 0.299 e. The van der Waals surface area contributed by atoms with E-state index in [4.69, 9.17) is 0 Å². The molecule has 2 aliphatic carbocycles. The number of aromatic nitrogens is 2. The zero-order valence-electron chi connectivity index (χ0n) is 13.1. The summed E-state index contributed by atoms with van der Waals surface area (Å²) >= 11 is 0. The van der Waals surface area contributed by atoms with Crippen molar-refractivity contribution < 1.29 is 9.18 Å². The van der Waals surface area contributed by atoms with Gasteiger partial charge in [0.25, 0.3) is 0 Å². The highest BCUT2D eigenvalue weighted by molar-refractivity contribution is 5.83. The summed E-state index contributed by atoms with van der Waals surface area (Å²) in [4.78, 5) is 21.1. The van der Waals surface area contributed by atoms with Crippen molar-refractivity contribution in [1.82, 2.24) is 9.97 Å². The molecule has 1 heterocycles. The van der Waals surface area contributed by atoms with Crippen molar-refractivity contribution in [3.05, 3.63) is 59.4 Å². The lowest BCUT2D eigenvalue weighted by Gasteiger charge is -2.50. The molecule has 0 radical (unpaired) electrons. The van der Waals surface area contributed by atoms with E-state index in [0.29, 0.717) is 18.6 Å². The fourth-order valence-electron chi connectivity index (χ4n) is 4.69. The predicted octanol–water partition coefficient (Wildman–Crippen LogP) is 3.46. The molecule has 0 amide bonds. The second-order valence-corrected chi connectivity index (χ2v) is 6.78. The van der Waals surface area contributed by atoms with Gasteiger partial charge in [0.2, 0.25) is 0 Å². The van der Waals surface area contributed by atoms with E-state index in [1.807, 2.05) is 19.2 Å². The fraction of sp³-hybridized carbons (Fsp3) is 0.421. The van der Waals surface area contributed by atoms with Gasteiger partial charge in [-0.15, -0.1) is 0 Å². The quantitative estimate of drug-likeness (QED) is 0.810. The summed E-state index contributed by atoms with van der Waals surface area (Å²) in [6, 6.07) is 6.83. The van der Waals surface area contributed by atoms with Crippen LogP contribution >= 0.6 is 0 Å². The summed E-state index contributed by atoms with van der Waals surface area (Å²) in [6.07, 6.45) is 6.48. The molecule has 0 N–H and O–H groups in total. The van der Waals surface area contributed by atoms with Gasteiger partial charge >= 0.3 is 0 Å². The van der Waals surface area contributed by atoms with Crippen molar-refractivity contribution in [2.75, 3.05) is 0 Å². The van der Waals surface area contributed by atoms with E-state index < -0.39 is 0 Å². The Balaban J connectivity index is 1.98. The lowest BCUT2D eigenvalue weighted by molar-refractivity contribution is -0.128. The van der Waals surface area contributed by atoms with Gasteiger partial charge in [-0.3, -0.25) is 4.79 Å². The third kappa shape index (κ3) is 2.04. The van der Waals surface area contributed by atoms with Gasteiger partial charge in [0.1, 0.15) is 17.9 Å². The zero-order chi connectivity index (χ0) is 16.0. The number of ketones is 1. The molecule has 0 bridgehead atoms. The lowest BCUT2D eigenvalue weighted by atomic mass is 9.53. The van der Waals surface area contributed by atoms with Gasteiger partial charge in [0, 0.05) is 24.0 Å². The van der Waals surface area contributed by atoms with Gasteiger partial charge in [-0.25, -0.2) is 14.4 Å². The first-order valence-electron chi connectivity index (χ1n) is 8.21. The number of hydrogen-bond acceptors (Lipinski definition) is 3. The number of fused-ring (bicyclic) bond motifs is 3. The van der Waals surface area contributed by atoms with Crippen LogP contribution in [0.5, 0.6) is 0 Å². The van der Waals surface area contributed by atoms with Gasteiger partial charge in [-0.1, -0.05) is 19.1 Å². The third-order valence-electron chi connectivity index (χ3n) is 5.79. The molecule has 23 heavy (non-hydrogen) atoms. The van der Waals surface area contributed by atoms with Crippen molar-refractivity contribution in [3.63, 3.8) is 0 Å². The SMILES string of the molecule is C[C@@H]1C(=O)CC[C@]2(c3cccc(F)c3)c3ncncc3CC[C@@H]12. The predicted molar refractivity (Wildman–Crippen MR) is 84.4 cm³/mol. The Morgan fingerprint density at radius 2 is 2.17 bits per heavy atom. The normalized spacial score (nSPS) is 29.7. The Hall–Kier alpha value is -2.10. The zero-order valence-corrected chi connectivity index (χ0v) is 13.1. The van der Waals surface area contributed by atoms with Gasteiger partial charge in [0.15, 0.2) is 0 Å². The molecule has 0 unspecified atom stereocenters. The smallest absolute Gasteiger partial charge is 0.136 e. The molecule has 4 rings (SSSR count). The summed E-state index contributed by atoms with van der Waals surface area (Å²) in [5, 5.41) is 0. The highest BCUT2D eigenvalue weighted by Crippen LogP contribution is 2.54. The average molecular weight is 310 g/mol. The van der Waals surface area contributed by atoms with Crippen LogP contribution in [0, 0.1) is 17.7 Å². The fourth-order valence-corrected chi connectivity index (χ4v) is 4.69. The molecule has 1 aromatic heterocycles. The van der Waals surface area contributed by atoms with Gasteiger partial charge in [-0.2, -0.15) is 0 Å². The van der Waals surface area contributed by atoms with E-state index >= 15 is 0 Å². The van der Waals surface area contributed by atoms with E-state index in [9.17, 15) is 9.18 Å². The lowest BCUT2D eigenvalue weighted by Crippen LogP contribution is -2.50. The highest BCUT2D eigenvalue weighted by Gasteiger charge is 2.52. The number of benzene rings is 1. The van der Waals surface area contributed by atoms with Crippen LogP contribution in [0.1, 0.15) is 43.0 Å². The number of carbonyl (C=O) groups excluding carboxylic acids is 1. The van der Waals surface area contributed by atoms with Crippen molar-refractivity contribution in [2.45, 2.75) is 38.0 Å². The van der Waals surface area contributed by atoms with Crippen LogP contribution in [0.4, 0.5) is 4.39 Å². The molecule has 1 fully saturated rings. The van der Waals surface area contributed by atoms with E-state index in [1.54, 1.807) is 18.5 Å². The number of carbonyl (C=O) groups is 1. The molecule has 2 aliphatic rings. The van der Waals surface area contributed by atoms with Crippen LogP contribution in [-0.4, -0.2) is 15.8 Å². The Labute approximate surface area is 135 Å². The van der Waals surface area contributed by atoms with Crippen LogP contribution in [-0.2, 0) is 16.6 Å². The first-order valence-corrected chi connectivity index (χ1v) is 8.21. The molecule has 3 atom stereocenters. The maximum absolute atomic E-state index is 13.9. The maximum atomic E-state index is 13.9. The van der Waals surface area contributed by atoms with Crippen molar-refractivity contribution in [3.8, 4) is 0 Å². The Morgan fingerprint density at radius 1 is 1.30 bits per heavy atom. The standard InChI is InChI=1S/C19H19FN2O/c1-12-16-6-5-13-10-21-11-22-18(13)19(16,8-7-17(12)23)14-3-2-4-15(20)9-14/h2-4,9-12,16H,5-8H2,1H3/t12-,16-,19+/m0/s1. The number of nitrogens with zero attached hydrogens (tertiary/aromatic N) is 2. The second kappa shape index (κ2) is 5.22. The van der Waals surface area contributed by atoms with Crippen LogP contribution < -0.4 is 0 Å². The van der Waals surface area contributed by atoms with E-state index in [-0.39, 0.29) is 23.1 Å².